The van der Waals surface area contributed by atoms with Crippen molar-refractivity contribution in [3.05, 3.63) is 23.8 Å². The Balaban J connectivity index is 1.83. The summed E-state index contributed by atoms with van der Waals surface area (Å²) in [7, 11) is 0. The summed E-state index contributed by atoms with van der Waals surface area (Å²) < 4.78 is 0. The molecule has 2 rings (SSSR count). The van der Waals surface area contributed by atoms with Crippen LogP contribution in [0.5, 0.6) is 0 Å². The van der Waals surface area contributed by atoms with Gasteiger partial charge in [0.1, 0.15) is 0 Å². The molecule has 0 saturated carbocycles. The summed E-state index contributed by atoms with van der Waals surface area (Å²) in [5.74, 6) is 1.98. The lowest BCUT2D eigenvalue weighted by molar-refractivity contribution is 0.100. The third-order valence-corrected chi connectivity index (χ3v) is 4.13. The molecule has 0 atom stereocenters. The number of thioether (sulfide) groups is 1. The number of nitrogens with zero attached hydrogens (tertiary/aromatic N) is 1. The Hall–Kier alpha value is -1.40. The van der Waals surface area contributed by atoms with Crippen molar-refractivity contribution in [1.82, 2.24) is 4.90 Å². The molecular weight excluding hydrogens is 260 g/mol. The topological polar surface area (TPSA) is 84.4 Å². The average molecular weight is 280 g/mol. The molecule has 0 unspecified atom stereocenters. The molecule has 1 saturated heterocycles. The lowest BCUT2D eigenvalue weighted by Crippen LogP contribution is -2.36. The third kappa shape index (κ3) is 4.04. The van der Waals surface area contributed by atoms with Gasteiger partial charge in [-0.25, -0.2) is 0 Å². The molecule has 1 heterocycles. The summed E-state index contributed by atoms with van der Waals surface area (Å²) in [5.41, 5.74) is 13.0. The first-order valence-electron chi connectivity index (χ1n) is 6.40. The van der Waals surface area contributed by atoms with Crippen molar-refractivity contribution < 1.29 is 4.79 Å². The Bertz CT molecular complexity index is 446. The second-order valence-electron chi connectivity index (χ2n) is 4.55. The van der Waals surface area contributed by atoms with E-state index in [9.17, 15) is 4.79 Å². The number of amides is 1. The highest BCUT2D eigenvalue weighted by molar-refractivity contribution is 7.99. The normalized spacial score (nSPS) is 16.2. The Morgan fingerprint density at radius 1 is 1.37 bits per heavy atom. The van der Waals surface area contributed by atoms with E-state index < -0.39 is 5.91 Å². The maximum Gasteiger partial charge on any atom is 0.248 e. The van der Waals surface area contributed by atoms with Gasteiger partial charge in [0.25, 0.3) is 0 Å². The first-order chi connectivity index (χ1) is 9.16. The maximum absolute atomic E-state index is 11.0. The Morgan fingerprint density at radius 3 is 2.74 bits per heavy atom. The number of carbonyl (C=O) groups excluding carboxylic acids is 1. The summed E-state index contributed by atoms with van der Waals surface area (Å²) >= 11 is 2.01. The minimum Gasteiger partial charge on any atom is -0.397 e. The van der Waals surface area contributed by atoms with Crippen LogP contribution in [-0.4, -0.2) is 48.5 Å². The van der Waals surface area contributed by atoms with Gasteiger partial charge in [0, 0.05) is 43.2 Å². The van der Waals surface area contributed by atoms with Gasteiger partial charge in [-0.05, 0) is 18.2 Å². The molecule has 1 aliphatic heterocycles. The highest BCUT2D eigenvalue weighted by Crippen LogP contribution is 2.19. The van der Waals surface area contributed by atoms with E-state index in [1.807, 2.05) is 17.8 Å². The summed E-state index contributed by atoms with van der Waals surface area (Å²) in [6.45, 7) is 4.17. The number of benzene rings is 1. The van der Waals surface area contributed by atoms with Crippen LogP contribution in [0, 0.1) is 0 Å². The zero-order valence-corrected chi connectivity index (χ0v) is 11.7. The van der Waals surface area contributed by atoms with Crippen molar-refractivity contribution in [1.29, 1.82) is 0 Å². The van der Waals surface area contributed by atoms with Crippen LogP contribution in [-0.2, 0) is 0 Å². The fraction of sp³-hybridized carbons (Fsp3) is 0.462. The van der Waals surface area contributed by atoms with E-state index in [1.54, 1.807) is 12.1 Å². The second kappa shape index (κ2) is 6.68. The van der Waals surface area contributed by atoms with Gasteiger partial charge in [0.05, 0.1) is 11.4 Å². The lowest BCUT2D eigenvalue weighted by Gasteiger charge is -2.26. The molecule has 0 aromatic heterocycles. The van der Waals surface area contributed by atoms with Gasteiger partial charge in [0.15, 0.2) is 0 Å². The van der Waals surface area contributed by atoms with E-state index in [-0.39, 0.29) is 0 Å². The molecule has 1 aromatic rings. The van der Waals surface area contributed by atoms with Crippen molar-refractivity contribution in [2.45, 2.75) is 0 Å². The van der Waals surface area contributed by atoms with Crippen LogP contribution in [0.3, 0.4) is 0 Å². The van der Waals surface area contributed by atoms with Crippen molar-refractivity contribution in [3.8, 4) is 0 Å². The molecule has 0 aliphatic carbocycles. The van der Waals surface area contributed by atoms with Crippen molar-refractivity contribution >= 4 is 29.0 Å². The van der Waals surface area contributed by atoms with E-state index in [1.165, 1.54) is 11.5 Å². The summed E-state index contributed by atoms with van der Waals surface area (Å²) in [6.07, 6.45) is 0. The van der Waals surface area contributed by atoms with Crippen LogP contribution in [0.25, 0.3) is 0 Å². The van der Waals surface area contributed by atoms with E-state index >= 15 is 0 Å². The predicted octanol–water partition coefficient (Wildman–Crippen LogP) is 0.828. The molecule has 104 valence electrons. The van der Waals surface area contributed by atoms with Crippen LogP contribution in [0.1, 0.15) is 10.4 Å². The van der Waals surface area contributed by atoms with Gasteiger partial charge >= 0.3 is 0 Å². The number of carbonyl (C=O) groups is 1. The second-order valence-corrected chi connectivity index (χ2v) is 5.77. The zero-order chi connectivity index (χ0) is 13.7. The zero-order valence-electron chi connectivity index (χ0n) is 10.9. The maximum atomic E-state index is 11.0. The van der Waals surface area contributed by atoms with Crippen LogP contribution < -0.4 is 16.8 Å². The van der Waals surface area contributed by atoms with Crippen LogP contribution in [0.2, 0.25) is 0 Å². The number of nitrogens with two attached hydrogens (primary N) is 2. The SMILES string of the molecule is NC(=O)c1ccc(NCCN2CCSCC2)c(N)c1. The molecule has 0 spiro atoms. The quantitative estimate of drug-likeness (QED) is 0.696. The number of nitrogens with one attached hydrogen (secondary N) is 1. The summed E-state index contributed by atoms with van der Waals surface area (Å²) in [5, 5.41) is 3.30. The fourth-order valence-corrected chi connectivity index (χ4v) is 3.03. The van der Waals surface area contributed by atoms with Crippen LogP contribution in [0.4, 0.5) is 11.4 Å². The van der Waals surface area contributed by atoms with Crippen LogP contribution >= 0.6 is 11.8 Å². The number of anilines is 2. The lowest BCUT2D eigenvalue weighted by atomic mass is 10.1. The van der Waals surface area contributed by atoms with Gasteiger partial charge in [-0.3, -0.25) is 9.69 Å². The van der Waals surface area contributed by atoms with Gasteiger partial charge < -0.3 is 16.8 Å². The first-order valence-corrected chi connectivity index (χ1v) is 7.55. The van der Waals surface area contributed by atoms with Gasteiger partial charge in [0.2, 0.25) is 5.91 Å². The molecule has 19 heavy (non-hydrogen) atoms. The van der Waals surface area contributed by atoms with Gasteiger partial charge in [-0.15, -0.1) is 0 Å². The van der Waals surface area contributed by atoms with E-state index in [4.69, 9.17) is 11.5 Å². The predicted molar refractivity (Wildman–Crippen MR) is 81.6 cm³/mol. The fourth-order valence-electron chi connectivity index (χ4n) is 2.05. The molecule has 1 aromatic carbocycles. The molecule has 5 N–H and O–H groups in total. The summed E-state index contributed by atoms with van der Waals surface area (Å²) in [4.78, 5) is 13.5. The molecule has 1 aliphatic rings. The first kappa shape index (κ1) is 14.0. The van der Waals surface area contributed by atoms with Gasteiger partial charge in [-0.2, -0.15) is 11.8 Å². The number of hydrogen-bond acceptors (Lipinski definition) is 5. The van der Waals surface area contributed by atoms with E-state index in [0.29, 0.717) is 11.3 Å². The molecular formula is C13H20N4OS. The van der Waals surface area contributed by atoms with E-state index in [0.717, 1.165) is 31.9 Å². The minimum absolute atomic E-state index is 0.441. The van der Waals surface area contributed by atoms with Crippen molar-refractivity contribution in [3.63, 3.8) is 0 Å². The molecule has 5 nitrogen and oxygen atoms in total. The third-order valence-electron chi connectivity index (χ3n) is 3.18. The summed E-state index contributed by atoms with van der Waals surface area (Å²) in [6, 6.07) is 5.11. The molecule has 6 heteroatoms. The van der Waals surface area contributed by atoms with Crippen molar-refractivity contribution in [2.24, 2.45) is 5.73 Å². The Labute approximate surface area is 117 Å². The average Bonchev–Trinajstić information content (AvgIpc) is 2.41. The largest absolute Gasteiger partial charge is 0.397 e. The standard InChI is InChI=1S/C13H20N4OS/c14-11-9-10(13(15)18)1-2-12(11)16-3-4-17-5-7-19-8-6-17/h1-2,9,16H,3-8,14H2,(H2,15,18). The molecule has 0 bridgehead atoms. The van der Waals surface area contributed by atoms with E-state index in [2.05, 4.69) is 10.2 Å². The molecule has 1 amide bonds. The Morgan fingerprint density at radius 2 is 2.11 bits per heavy atom. The Kier molecular flexibility index (Phi) is 4.93. The monoisotopic (exact) mass is 280 g/mol. The number of primary amides is 1. The molecule has 1 fully saturated rings. The number of hydrogen-bond donors (Lipinski definition) is 3. The smallest absolute Gasteiger partial charge is 0.248 e. The van der Waals surface area contributed by atoms with Gasteiger partial charge in [-0.1, -0.05) is 0 Å². The number of nitrogen functional groups attached to an aromatic ring is 1. The van der Waals surface area contributed by atoms with Crippen molar-refractivity contribution in [2.75, 3.05) is 48.7 Å². The number of rotatable bonds is 5. The molecule has 0 radical (unpaired) electrons. The van der Waals surface area contributed by atoms with Crippen LogP contribution in [0.15, 0.2) is 18.2 Å². The minimum atomic E-state index is -0.455. The highest BCUT2D eigenvalue weighted by atomic mass is 32.2. The highest BCUT2D eigenvalue weighted by Gasteiger charge is 2.10.